The van der Waals surface area contributed by atoms with E-state index in [0.29, 0.717) is 17.5 Å². The van der Waals surface area contributed by atoms with Crippen LogP contribution in [-0.2, 0) is 24.1 Å². The van der Waals surface area contributed by atoms with Gasteiger partial charge in [0.15, 0.2) is 11.0 Å². The molecule has 0 aliphatic rings. The van der Waals surface area contributed by atoms with Crippen molar-refractivity contribution in [3.8, 4) is 5.75 Å². The van der Waals surface area contributed by atoms with Gasteiger partial charge in [0, 0.05) is 6.54 Å². The van der Waals surface area contributed by atoms with Crippen LogP contribution in [0.15, 0.2) is 47.6 Å². The lowest BCUT2D eigenvalue weighted by Crippen LogP contribution is -2.18. The van der Waals surface area contributed by atoms with Crippen LogP contribution in [0.5, 0.6) is 5.75 Å². The fourth-order valence-corrected chi connectivity index (χ4v) is 3.78. The van der Waals surface area contributed by atoms with E-state index >= 15 is 0 Å². The van der Waals surface area contributed by atoms with Gasteiger partial charge in [-0.2, -0.15) is 13.2 Å². The maximum atomic E-state index is 13.1. The van der Waals surface area contributed by atoms with Gasteiger partial charge in [-0.1, -0.05) is 35.5 Å². The number of thioether (sulfide) groups is 1. The Morgan fingerprint density at radius 3 is 2.66 bits per heavy atom. The predicted octanol–water partition coefficient (Wildman–Crippen LogP) is 5.42. The summed E-state index contributed by atoms with van der Waals surface area (Å²) in [7, 11) is 0. The number of benzene rings is 2. The van der Waals surface area contributed by atoms with E-state index in [2.05, 4.69) is 15.5 Å². The van der Waals surface area contributed by atoms with Crippen molar-refractivity contribution in [1.29, 1.82) is 0 Å². The molecule has 0 spiro atoms. The lowest BCUT2D eigenvalue weighted by Gasteiger charge is -2.13. The maximum absolute atomic E-state index is 13.1. The summed E-state index contributed by atoms with van der Waals surface area (Å²) >= 11 is 6.96. The first-order valence-corrected chi connectivity index (χ1v) is 10.6. The first-order valence-electron chi connectivity index (χ1n) is 9.27. The first-order chi connectivity index (χ1) is 15.2. The van der Waals surface area contributed by atoms with Gasteiger partial charge in [0.05, 0.1) is 22.0 Å². The highest BCUT2D eigenvalue weighted by atomic mass is 35.5. The smallest absolute Gasteiger partial charge is 0.418 e. The van der Waals surface area contributed by atoms with E-state index in [0.717, 1.165) is 23.9 Å². The van der Waals surface area contributed by atoms with Gasteiger partial charge in [-0.25, -0.2) is 4.39 Å². The first kappa shape index (κ1) is 23.9. The number of para-hydroxylation sites is 1. The van der Waals surface area contributed by atoms with Crippen molar-refractivity contribution < 1.29 is 27.1 Å². The number of hydrogen-bond donors (Lipinski definition) is 1. The minimum atomic E-state index is -4.58. The second-order valence-corrected chi connectivity index (χ2v) is 7.74. The van der Waals surface area contributed by atoms with Crippen molar-refractivity contribution in [2.24, 2.45) is 0 Å². The third kappa shape index (κ3) is 5.92. The summed E-state index contributed by atoms with van der Waals surface area (Å²) in [6, 6.07) is 8.47. The van der Waals surface area contributed by atoms with Crippen molar-refractivity contribution in [2.45, 2.75) is 31.4 Å². The summed E-state index contributed by atoms with van der Waals surface area (Å²) in [6.07, 6.45) is -4.58. The number of anilines is 1. The molecule has 0 aliphatic carbocycles. The molecular weight excluding hydrogens is 472 g/mol. The Bertz CT molecular complexity index is 1110. The zero-order valence-corrected chi connectivity index (χ0v) is 18.2. The third-order valence-electron chi connectivity index (χ3n) is 4.20. The predicted molar refractivity (Wildman–Crippen MR) is 112 cm³/mol. The zero-order valence-electron chi connectivity index (χ0n) is 16.6. The molecule has 0 saturated heterocycles. The minimum absolute atomic E-state index is 0.00208. The van der Waals surface area contributed by atoms with Crippen LogP contribution in [0.4, 0.5) is 23.2 Å². The molecule has 12 heteroatoms. The van der Waals surface area contributed by atoms with Crippen molar-refractivity contribution in [3.63, 3.8) is 0 Å². The molecule has 0 saturated carbocycles. The van der Waals surface area contributed by atoms with Gasteiger partial charge in [0.25, 0.3) is 0 Å². The van der Waals surface area contributed by atoms with Gasteiger partial charge in [0.1, 0.15) is 18.2 Å². The highest BCUT2D eigenvalue weighted by Gasteiger charge is 2.33. The van der Waals surface area contributed by atoms with E-state index in [-0.39, 0.29) is 28.8 Å². The molecule has 3 aromatic rings. The molecule has 170 valence electrons. The van der Waals surface area contributed by atoms with E-state index in [9.17, 15) is 22.4 Å². The topological polar surface area (TPSA) is 69.0 Å². The van der Waals surface area contributed by atoms with Crippen molar-refractivity contribution >= 4 is 35.0 Å². The molecule has 0 aliphatic heterocycles. The van der Waals surface area contributed by atoms with Crippen molar-refractivity contribution in [2.75, 3.05) is 11.1 Å². The minimum Gasteiger partial charge on any atom is -0.484 e. The molecule has 0 fully saturated rings. The molecule has 0 bridgehead atoms. The summed E-state index contributed by atoms with van der Waals surface area (Å²) in [6.45, 7) is 2.29. The molecule has 0 unspecified atom stereocenters. The molecule has 2 aromatic carbocycles. The standard InChI is InChI=1S/C20H17ClF4N4O2S/c1-2-29-17(10-31-16-8-7-12(22)9-14(16)21)27-28-19(29)32-11-18(30)26-15-6-4-3-5-13(15)20(23,24)25/h3-9H,2,10-11H2,1H3,(H,26,30). The summed E-state index contributed by atoms with van der Waals surface area (Å²) in [5.74, 6) is -0.564. The molecule has 1 N–H and O–H groups in total. The summed E-state index contributed by atoms with van der Waals surface area (Å²) in [4.78, 5) is 12.2. The maximum Gasteiger partial charge on any atom is 0.418 e. The lowest BCUT2D eigenvalue weighted by atomic mass is 10.1. The molecule has 32 heavy (non-hydrogen) atoms. The Morgan fingerprint density at radius 2 is 1.97 bits per heavy atom. The SMILES string of the molecule is CCn1c(COc2ccc(F)cc2Cl)nnc1SCC(=O)Nc1ccccc1C(F)(F)F. The van der Waals surface area contributed by atoms with Crippen LogP contribution >= 0.6 is 23.4 Å². The van der Waals surface area contributed by atoms with Gasteiger partial charge >= 0.3 is 6.18 Å². The highest BCUT2D eigenvalue weighted by Crippen LogP contribution is 2.34. The van der Waals surface area contributed by atoms with Gasteiger partial charge < -0.3 is 14.6 Å². The van der Waals surface area contributed by atoms with E-state index in [1.54, 1.807) is 4.57 Å². The number of carbonyl (C=O) groups excluding carboxylic acids is 1. The number of alkyl halides is 3. The van der Waals surface area contributed by atoms with Gasteiger partial charge in [-0.05, 0) is 37.3 Å². The number of aromatic nitrogens is 3. The van der Waals surface area contributed by atoms with Gasteiger partial charge in [0.2, 0.25) is 5.91 Å². The number of amides is 1. The third-order valence-corrected chi connectivity index (χ3v) is 5.46. The molecule has 3 rings (SSSR count). The van der Waals surface area contributed by atoms with E-state index < -0.39 is 23.5 Å². The summed E-state index contributed by atoms with van der Waals surface area (Å²) in [5.41, 5.74) is -1.23. The number of hydrogen-bond acceptors (Lipinski definition) is 5. The average molecular weight is 489 g/mol. The largest absolute Gasteiger partial charge is 0.484 e. The summed E-state index contributed by atoms with van der Waals surface area (Å²) in [5, 5.41) is 10.8. The van der Waals surface area contributed by atoms with Crippen LogP contribution in [-0.4, -0.2) is 26.4 Å². The molecule has 1 aromatic heterocycles. The number of carbonyl (C=O) groups is 1. The lowest BCUT2D eigenvalue weighted by molar-refractivity contribution is -0.137. The molecular formula is C20H17ClF4N4O2S. The molecule has 1 heterocycles. The van der Waals surface area contributed by atoms with Crippen LogP contribution in [0.1, 0.15) is 18.3 Å². The second-order valence-electron chi connectivity index (χ2n) is 6.39. The average Bonchev–Trinajstić information content (AvgIpc) is 3.13. The van der Waals surface area contributed by atoms with Crippen LogP contribution in [0, 0.1) is 5.82 Å². The highest BCUT2D eigenvalue weighted by molar-refractivity contribution is 7.99. The molecule has 0 radical (unpaired) electrons. The Kier molecular flexibility index (Phi) is 7.62. The Hall–Kier alpha value is -2.79. The molecule has 0 atom stereocenters. The number of nitrogens with zero attached hydrogens (tertiary/aromatic N) is 3. The summed E-state index contributed by atoms with van der Waals surface area (Å²) < 4.78 is 59.6. The normalized spacial score (nSPS) is 11.4. The zero-order chi connectivity index (χ0) is 23.3. The Morgan fingerprint density at radius 1 is 1.22 bits per heavy atom. The number of rotatable bonds is 8. The number of halogens is 5. The van der Waals surface area contributed by atoms with Gasteiger partial charge in [-0.3, -0.25) is 4.79 Å². The van der Waals surface area contributed by atoms with Gasteiger partial charge in [-0.15, -0.1) is 10.2 Å². The van der Waals surface area contributed by atoms with Crippen LogP contribution in [0.25, 0.3) is 0 Å². The quantitative estimate of drug-likeness (QED) is 0.339. The fourth-order valence-electron chi connectivity index (χ4n) is 2.74. The van der Waals surface area contributed by atoms with Crippen LogP contribution < -0.4 is 10.1 Å². The molecule has 1 amide bonds. The Balaban J connectivity index is 1.62. The molecule has 6 nitrogen and oxygen atoms in total. The van der Waals surface area contributed by atoms with Crippen LogP contribution in [0.3, 0.4) is 0 Å². The van der Waals surface area contributed by atoms with Crippen molar-refractivity contribution in [3.05, 3.63) is 64.7 Å². The number of ether oxygens (including phenoxy) is 1. The van der Waals surface area contributed by atoms with Crippen molar-refractivity contribution in [1.82, 2.24) is 14.8 Å². The monoisotopic (exact) mass is 488 g/mol. The van der Waals surface area contributed by atoms with E-state index in [1.807, 2.05) is 6.92 Å². The van der Waals surface area contributed by atoms with E-state index in [1.165, 1.54) is 30.3 Å². The second kappa shape index (κ2) is 10.2. The Labute approximate surface area is 189 Å². The van der Waals surface area contributed by atoms with E-state index in [4.69, 9.17) is 16.3 Å². The number of nitrogens with one attached hydrogen (secondary N) is 1. The fraction of sp³-hybridized carbons (Fsp3) is 0.250. The van der Waals surface area contributed by atoms with Crippen LogP contribution in [0.2, 0.25) is 5.02 Å².